The molecule has 0 saturated carbocycles. The Morgan fingerprint density at radius 1 is 0.854 bits per heavy atom. The summed E-state index contributed by atoms with van der Waals surface area (Å²) in [6.07, 6.45) is -3.02. The van der Waals surface area contributed by atoms with Gasteiger partial charge in [-0.15, -0.1) is 0 Å². The van der Waals surface area contributed by atoms with Crippen LogP contribution in [0.15, 0.2) is 78.9 Å². The number of carbonyl (C=O) groups excluding carboxylic acids is 3. The smallest absolute Gasteiger partial charge is 0.407 e. The number of fused-ring (bicyclic) bond motifs is 3. The van der Waals surface area contributed by atoms with Crippen LogP contribution < -0.4 is 10.8 Å². The zero-order valence-electron chi connectivity index (χ0n) is 22.3. The SMILES string of the molecule is COCC(ONC(=O)[C@H](CC(=O)OCc1ccccc1)NC(=O)OCC1c2ccccc2-c2ccccc21)C(=O)O. The third kappa shape index (κ3) is 7.68. The molecule has 0 heterocycles. The summed E-state index contributed by atoms with van der Waals surface area (Å²) in [5, 5.41) is 11.6. The molecule has 1 unspecified atom stereocenters. The number of ether oxygens (including phenoxy) is 3. The lowest BCUT2D eigenvalue weighted by molar-refractivity contribution is -0.166. The van der Waals surface area contributed by atoms with Gasteiger partial charge in [0.15, 0.2) is 0 Å². The van der Waals surface area contributed by atoms with Gasteiger partial charge in [0.2, 0.25) is 6.10 Å². The number of aliphatic carboxylic acids is 1. The van der Waals surface area contributed by atoms with Crippen LogP contribution in [-0.4, -0.2) is 61.5 Å². The Kier molecular flexibility index (Phi) is 10.0. The summed E-state index contributed by atoms with van der Waals surface area (Å²) in [7, 11) is 1.27. The van der Waals surface area contributed by atoms with Crippen LogP contribution in [0.1, 0.15) is 29.0 Å². The monoisotopic (exact) mass is 562 g/mol. The Morgan fingerprint density at radius 3 is 2.07 bits per heavy atom. The highest BCUT2D eigenvalue weighted by Crippen LogP contribution is 2.44. The van der Waals surface area contributed by atoms with Crippen molar-refractivity contribution in [1.82, 2.24) is 10.8 Å². The van der Waals surface area contributed by atoms with Crippen LogP contribution in [0.3, 0.4) is 0 Å². The van der Waals surface area contributed by atoms with Gasteiger partial charge in [0.1, 0.15) is 19.3 Å². The van der Waals surface area contributed by atoms with E-state index in [1.807, 2.05) is 60.1 Å². The van der Waals surface area contributed by atoms with Crippen LogP contribution >= 0.6 is 0 Å². The molecule has 0 bridgehead atoms. The fourth-order valence-electron chi connectivity index (χ4n) is 4.46. The molecular formula is C30H30N2O9. The van der Waals surface area contributed by atoms with Gasteiger partial charge in [-0.1, -0.05) is 78.9 Å². The number of nitrogens with one attached hydrogen (secondary N) is 2. The Balaban J connectivity index is 1.40. The molecule has 1 aliphatic carbocycles. The number of benzene rings is 3. The minimum atomic E-state index is -1.51. The van der Waals surface area contributed by atoms with Crippen molar-refractivity contribution in [1.29, 1.82) is 0 Å². The second kappa shape index (κ2) is 14.1. The molecule has 3 N–H and O–H groups in total. The molecule has 0 fully saturated rings. The van der Waals surface area contributed by atoms with E-state index in [0.29, 0.717) is 0 Å². The largest absolute Gasteiger partial charge is 0.479 e. The molecule has 3 aromatic rings. The van der Waals surface area contributed by atoms with Crippen molar-refractivity contribution in [2.75, 3.05) is 20.3 Å². The van der Waals surface area contributed by atoms with Crippen molar-refractivity contribution in [3.8, 4) is 11.1 Å². The number of amides is 2. The fourth-order valence-corrected chi connectivity index (χ4v) is 4.46. The van der Waals surface area contributed by atoms with E-state index < -0.39 is 42.5 Å². The normalized spacial score (nSPS) is 13.3. The summed E-state index contributed by atoms with van der Waals surface area (Å²) < 4.78 is 15.5. The number of carboxylic acid groups (broad SMARTS) is 1. The maximum absolute atomic E-state index is 12.9. The lowest BCUT2D eigenvalue weighted by Crippen LogP contribution is -2.50. The maximum Gasteiger partial charge on any atom is 0.407 e. The predicted molar refractivity (Wildman–Crippen MR) is 145 cm³/mol. The summed E-state index contributed by atoms with van der Waals surface area (Å²) in [5.41, 5.74) is 6.83. The Labute approximate surface area is 236 Å². The molecule has 0 radical (unpaired) electrons. The summed E-state index contributed by atoms with van der Waals surface area (Å²) >= 11 is 0. The lowest BCUT2D eigenvalue weighted by Gasteiger charge is -2.20. The van der Waals surface area contributed by atoms with Gasteiger partial charge in [-0.05, 0) is 27.8 Å². The molecule has 11 nitrogen and oxygen atoms in total. The molecule has 3 aromatic carbocycles. The first kappa shape index (κ1) is 29.2. The van der Waals surface area contributed by atoms with E-state index in [1.54, 1.807) is 24.3 Å². The zero-order valence-corrected chi connectivity index (χ0v) is 22.3. The minimum Gasteiger partial charge on any atom is -0.479 e. The van der Waals surface area contributed by atoms with E-state index >= 15 is 0 Å². The number of carboxylic acids is 1. The molecule has 2 atom stereocenters. The van der Waals surface area contributed by atoms with Crippen molar-refractivity contribution >= 4 is 23.9 Å². The number of esters is 1. The molecule has 0 spiro atoms. The van der Waals surface area contributed by atoms with Crippen molar-refractivity contribution < 1.29 is 43.3 Å². The Morgan fingerprint density at radius 2 is 1.46 bits per heavy atom. The van der Waals surface area contributed by atoms with E-state index in [1.165, 1.54) is 7.11 Å². The lowest BCUT2D eigenvalue weighted by atomic mass is 9.98. The van der Waals surface area contributed by atoms with E-state index in [-0.39, 0.29) is 25.7 Å². The highest BCUT2D eigenvalue weighted by molar-refractivity contribution is 5.89. The van der Waals surface area contributed by atoms with Crippen LogP contribution in [0.25, 0.3) is 11.1 Å². The molecule has 1 aliphatic rings. The summed E-state index contributed by atoms with van der Waals surface area (Å²) in [6, 6.07) is 23.1. The number of carbonyl (C=O) groups is 4. The van der Waals surface area contributed by atoms with Crippen molar-refractivity contribution in [3.63, 3.8) is 0 Å². The van der Waals surface area contributed by atoms with Gasteiger partial charge in [-0.2, -0.15) is 0 Å². The molecular weight excluding hydrogens is 532 g/mol. The second-order valence-electron chi connectivity index (χ2n) is 9.24. The molecule has 41 heavy (non-hydrogen) atoms. The second-order valence-corrected chi connectivity index (χ2v) is 9.24. The van der Waals surface area contributed by atoms with Crippen LogP contribution in [0, 0.1) is 0 Å². The molecule has 0 saturated heterocycles. The number of hydrogen-bond acceptors (Lipinski definition) is 8. The summed E-state index contributed by atoms with van der Waals surface area (Å²) in [4.78, 5) is 54.5. The molecule has 0 aliphatic heterocycles. The van der Waals surface area contributed by atoms with Crippen LogP contribution in [0.2, 0.25) is 0 Å². The van der Waals surface area contributed by atoms with Crippen molar-refractivity contribution in [2.45, 2.75) is 31.1 Å². The fraction of sp³-hybridized carbons (Fsp3) is 0.267. The zero-order chi connectivity index (χ0) is 29.2. The third-order valence-corrected chi connectivity index (χ3v) is 6.46. The molecule has 4 rings (SSSR count). The van der Waals surface area contributed by atoms with Crippen LogP contribution in [-0.2, 0) is 40.0 Å². The molecule has 11 heteroatoms. The Hall–Kier alpha value is -4.74. The van der Waals surface area contributed by atoms with E-state index in [4.69, 9.17) is 19.0 Å². The quantitative estimate of drug-likeness (QED) is 0.211. The summed E-state index contributed by atoms with van der Waals surface area (Å²) in [5.74, 6) is -3.35. The number of rotatable bonds is 13. The van der Waals surface area contributed by atoms with Gasteiger partial charge in [-0.25, -0.2) is 15.1 Å². The van der Waals surface area contributed by atoms with E-state index in [0.717, 1.165) is 27.8 Å². The first-order valence-corrected chi connectivity index (χ1v) is 12.9. The predicted octanol–water partition coefficient (Wildman–Crippen LogP) is 3.17. The average Bonchev–Trinajstić information content (AvgIpc) is 3.30. The highest BCUT2D eigenvalue weighted by Gasteiger charge is 2.31. The first-order chi connectivity index (χ1) is 19.9. The van der Waals surface area contributed by atoms with Gasteiger partial charge in [0.05, 0.1) is 13.0 Å². The number of alkyl carbamates (subject to hydrolysis) is 1. The summed E-state index contributed by atoms with van der Waals surface area (Å²) in [6.45, 7) is -0.401. The van der Waals surface area contributed by atoms with Gasteiger partial charge in [0.25, 0.3) is 5.91 Å². The molecule has 214 valence electrons. The first-order valence-electron chi connectivity index (χ1n) is 12.9. The number of hydroxylamine groups is 1. The van der Waals surface area contributed by atoms with Gasteiger partial charge >= 0.3 is 18.0 Å². The highest BCUT2D eigenvalue weighted by atomic mass is 16.7. The van der Waals surface area contributed by atoms with Crippen LogP contribution in [0.4, 0.5) is 4.79 Å². The number of methoxy groups -OCH3 is 1. The third-order valence-electron chi connectivity index (χ3n) is 6.46. The average molecular weight is 563 g/mol. The Bertz CT molecular complexity index is 1330. The van der Waals surface area contributed by atoms with Crippen LogP contribution in [0.5, 0.6) is 0 Å². The maximum atomic E-state index is 12.9. The van der Waals surface area contributed by atoms with E-state index in [9.17, 15) is 24.3 Å². The van der Waals surface area contributed by atoms with Crippen molar-refractivity contribution in [2.24, 2.45) is 0 Å². The molecule has 2 amide bonds. The molecule has 0 aromatic heterocycles. The van der Waals surface area contributed by atoms with E-state index in [2.05, 4.69) is 5.32 Å². The van der Waals surface area contributed by atoms with Crippen molar-refractivity contribution in [3.05, 3.63) is 95.6 Å². The van der Waals surface area contributed by atoms with Gasteiger partial charge in [0, 0.05) is 13.0 Å². The van der Waals surface area contributed by atoms with Gasteiger partial charge in [-0.3, -0.25) is 14.4 Å². The van der Waals surface area contributed by atoms with Gasteiger partial charge < -0.3 is 24.6 Å². The number of hydrogen-bond donors (Lipinski definition) is 3. The minimum absolute atomic E-state index is 0.0158. The topological polar surface area (TPSA) is 149 Å². The standard InChI is InChI=1S/C30H30N2O9/c1-38-18-26(29(35)36)41-32-28(34)25(15-27(33)39-16-19-9-3-2-4-10-19)31-30(37)40-17-24-22-13-7-5-11-20(22)21-12-6-8-14-23(21)24/h2-14,24-26H,15-18H2,1H3,(H,31,37)(H,32,34)(H,35,36)/t25-,26?/m0/s1.